The number of amides is 1. The van der Waals surface area contributed by atoms with Gasteiger partial charge in [0.2, 0.25) is 11.7 Å². The molecule has 1 saturated heterocycles. The smallest absolute Gasteiger partial charge is 0.217 e. The monoisotopic (exact) mass is 322 g/mol. The fourth-order valence-corrected chi connectivity index (χ4v) is 2.45. The zero-order chi connectivity index (χ0) is 17.3. The molecule has 128 valence electrons. The highest BCUT2D eigenvalue weighted by molar-refractivity contribution is 5.75. The van der Waals surface area contributed by atoms with E-state index < -0.39 is 60.6 Å². The van der Waals surface area contributed by atoms with E-state index in [0.717, 1.165) is 13.8 Å². The summed E-state index contributed by atoms with van der Waals surface area (Å²) in [6, 6.07) is -1.35. The fourth-order valence-electron chi connectivity index (χ4n) is 2.45. The molecule has 6 atom stereocenters. The molecule has 1 aliphatic heterocycles. The van der Waals surface area contributed by atoms with Crippen LogP contribution in [0.4, 0.5) is 0 Å². The van der Waals surface area contributed by atoms with Gasteiger partial charge in [0.15, 0.2) is 0 Å². The lowest BCUT2D eigenvalue weighted by Crippen LogP contribution is -2.72. The van der Waals surface area contributed by atoms with Gasteiger partial charge < -0.3 is 45.5 Å². The highest BCUT2D eigenvalue weighted by atomic mass is 16.7. The van der Waals surface area contributed by atoms with Crippen molar-refractivity contribution in [1.29, 1.82) is 0 Å². The lowest BCUT2D eigenvalue weighted by molar-refractivity contribution is -0.379. The number of carbonyl (C=O) groups excluding carboxylic acids is 2. The molecular formula is C12H20NO9-. The van der Waals surface area contributed by atoms with Crippen molar-refractivity contribution in [2.75, 3.05) is 6.61 Å². The van der Waals surface area contributed by atoms with E-state index in [-0.39, 0.29) is 0 Å². The summed E-state index contributed by atoms with van der Waals surface area (Å²) in [5, 5.41) is 61.8. The van der Waals surface area contributed by atoms with E-state index in [0.29, 0.717) is 0 Å². The van der Waals surface area contributed by atoms with E-state index >= 15 is 0 Å². The Bertz CT molecular complexity index is 440. The second-order valence-electron chi connectivity index (χ2n) is 5.61. The number of hydrogen-bond donors (Lipinski definition) is 6. The second kappa shape index (κ2) is 6.44. The van der Waals surface area contributed by atoms with Crippen molar-refractivity contribution in [3.63, 3.8) is 0 Å². The van der Waals surface area contributed by atoms with Crippen LogP contribution in [0.15, 0.2) is 0 Å². The molecule has 0 spiro atoms. The van der Waals surface area contributed by atoms with E-state index in [9.17, 15) is 35.1 Å². The zero-order valence-corrected chi connectivity index (χ0v) is 12.1. The van der Waals surface area contributed by atoms with Gasteiger partial charge in [-0.1, -0.05) is 0 Å². The molecule has 10 heteroatoms. The Morgan fingerprint density at radius 1 is 1.41 bits per heavy atom. The Morgan fingerprint density at radius 2 is 1.95 bits per heavy atom. The lowest BCUT2D eigenvalue weighted by atomic mass is 9.79. The van der Waals surface area contributed by atoms with Crippen LogP contribution in [0.25, 0.3) is 0 Å². The summed E-state index contributed by atoms with van der Waals surface area (Å²) in [4.78, 5) is 22.3. The minimum Gasteiger partial charge on any atom is -0.544 e. The molecule has 22 heavy (non-hydrogen) atoms. The number of ether oxygens (including phenoxy) is 1. The van der Waals surface area contributed by atoms with Crippen LogP contribution in [-0.2, 0) is 14.3 Å². The molecular weight excluding hydrogens is 302 g/mol. The highest BCUT2D eigenvalue weighted by Crippen LogP contribution is 2.36. The molecule has 0 aromatic rings. The number of hydrogen-bond acceptors (Lipinski definition) is 9. The average Bonchev–Trinajstić information content (AvgIpc) is 2.38. The second-order valence-corrected chi connectivity index (χ2v) is 5.61. The molecule has 1 rings (SSSR count). The van der Waals surface area contributed by atoms with Gasteiger partial charge in [0.1, 0.15) is 24.3 Å². The molecule has 0 bridgehead atoms. The predicted octanol–water partition coefficient (Wildman–Crippen LogP) is -4.82. The van der Waals surface area contributed by atoms with Crippen LogP contribution in [0.3, 0.4) is 0 Å². The van der Waals surface area contributed by atoms with Crippen molar-refractivity contribution < 1.29 is 45.0 Å². The SMILES string of the molecule is CC(=O)N[C@H]1[C@H]([C@H](O)[C@H](O)CO)O[C@](O)(C(=O)[O-])C[C@]1(C)O. The van der Waals surface area contributed by atoms with Crippen LogP contribution in [0, 0.1) is 0 Å². The quantitative estimate of drug-likeness (QED) is 0.289. The number of aliphatic hydroxyl groups is 5. The van der Waals surface area contributed by atoms with Gasteiger partial charge in [-0.25, -0.2) is 0 Å². The van der Waals surface area contributed by atoms with Crippen LogP contribution in [-0.4, -0.2) is 79.8 Å². The van der Waals surface area contributed by atoms with Gasteiger partial charge >= 0.3 is 0 Å². The summed E-state index contributed by atoms with van der Waals surface area (Å²) in [5.41, 5.74) is -2.00. The topological polar surface area (TPSA) is 180 Å². The number of carboxylic acid groups (broad SMARTS) is 1. The number of nitrogens with one attached hydrogen (secondary N) is 1. The Balaban J connectivity index is 3.22. The van der Waals surface area contributed by atoms with Crippen molar-refractivity contribution in [3.8, 4) is 0 Å². The van der Waals surface area contributed by atoms with Gasteiger partial charge in [-0.2, -0.15) is 0 Å². The summed E-state index contributed by atoms with van der Waals surface area (Å²) < 4.78 is 4.87. The number of carbonyl (C=O) groups is 2. The molecule has 1 amide bonds. The first-order valence-electron chi connectivity index (χ1n) is 6.52. The lowest BCUT2D eigenvalue weighted by Gasteiger charge is -2.51. The number of aliphatic hydroxyl groups excluding tert-OH is 3. The van der Waals surface area contributed by atoms with Crippen LogP contribution < -0.4 is 10.4 Å². The van der Waals surface area contributed by atoms with Gasteiger partial charge in [-0.3, -0.25) is 4.79 Å². The van der Waals surface area contributed by atoms with E-state index in [2.05, 4.69) is 5.32 Å². The molecule has 0 aromatic heterocycles. The summed E-state index contributed by atoms with van der Waals surface area (Å²) in [5.74, 6) is -5.60. The van der Waals surface area contributed by atoms with Crippen molar-refractivity contribution in [2.45, 2.75) is 56.0 Å². The van der Waals surface area contributed by atoms with Crippen molar-refractivity contribution in [1.82, 2.24) is 5.32 Å². The van der Waals surface area contributed by atoms with Gasteiger partial charge in [0, 0.05) is 13.3 Å². The summed E-state index contributed by atoms with van der Waals surface area (Å²) in [7, 11) is 0. The fraction of sp³-hybridized carbons (Fsp3) is 0.833. The Hall–Kier alpha value is -1.30. The molecule has 1 aliphatic rings. The molecule has 0 saturated carbocycles. The summed E-state index contributed by atoms with van der Waals surface area (Å²) in [6.45, 7) is 1.34. The third-order valence-corrected chi connectivity index (χ3v) is 3.52. The minimum absolute atomic E-state index is 0.622. The van der Waals surface area contributed by atoms with Crippen LogP contribution in [0.2, 0.25) is 0 Å². The number of aliphatic carboxylic acids is 1. The van der Waals surface area contributed by atoms with E-state index in [1.54, 1.807) is 0 Å². The first-order valence-corrected chi connectivity index (χ1v) is 6.52. The molecule has 0 aliphatic carbocycles. The Labute approximate surface area is 125 Å². The molecule has 0 unspecified atom stereocenters. The van der Waals surface area contributed by atoms with Gasteiger partial charge in [0.05, 0.1) is 18.2 Å². The zero-order valence-electron chi connectivity index (χ0n) is 12.1. The maximum absolute atomic E-state index is 11.2. The summed E-state index contributed by atoms with van der Waals surface area (Å²) in [6.07, 6.45) is -6.19. The molecule has 0 aromatic carbocycles. The molecule has 0 radical (unpaired) electrons. The average molecular weight is 322 g/mol. The van der Waals surface area contributed by atoms with Gasteiger partial charge in [-0.15, -0.1) is 0 Å². The first kappa shape index (κ1) is 18.7. The Morgan fingerprint density at radius 3 is 2.36 bits per heavy atom. The molecule has 10 nitrogen and oxygen atoms in total. The molecule has 1 heterocycles. The van der Waals surface area contributed by atoms with Crippen molar-refractivity contribution in [2.24, 2.45) is 0 Å². The standard InChI is InChI=1S/C12H21NO9/c1-5(15)13-9-8(7(17)6(16)3-14)22-12(21,10(18)19)4-11(9,2)20/h6-9,14,16-17,20-21H,3-4H2,1-2H3,(H,13,15)(H,18,19)/p-1/t6-,7-,8+,9+,11+,12+/m1/s1. The Kier molecular flexibility index (Phi) is 5.49. The maximum Gasteiger partial charge on any atom is 0.217 e. The third-order valence-electron chi connectivity index (χ3n) is 3.52. The van der Waals surface area contributed by atoms with Crippen LogP contribution in [0.1, 0.15) is 20.3 Å². The van der Waals surface area contributed by atoms with E-state index in [1.807, 2.05) is 0 Å². The third kappa shape index (κ3) is 3.72. The maximum atomic E-state index is 11.2. The normalized spacial score (nSPS) is 38.1. The van der Waals surface area contributed by atoms with Crippen molar-refractivity contribution in [3.05, 3.63) is 0 Å². The highest BCUT2D eigenvalue weighted by Gasteiger charge is 2.56. The predicted molar refractivity (Wildman–Crippen MR) is 66.8 cm³/mol. The summed E-state index contributed by atoms with van der Waals surface area (Å²) >= 11 is 0. The number of rotatable bonds is 5. The van der Waals surface area contributed by atoms with Crippen molar-refractivity contribution >= 4 is 11.9 Å². The molecule has 6 N–H and O–H groups in total. The van der Waals surface area contributed by atoms with Crippen LogP contribution >= 0.6 is 0 Å². The number of carboxylic acids is 1. The van der Waals surface area contributed by atoms with E-state index in [4.69, 9.17) is 9.84 Å². The molecule has 1 fully saturated rings. The minimum atomic E-state index is -2.93. The van der Waals surface area contributed by atoms with Gasteiger partial charge in [-0.05, 0) is 6.92 Å². The van der Waals surface area contributed by atoms with E-state index in [1.165, 1.54) is 0 Å². The van der Waals surface area contributed by atoms with Crippen LogP contribution in [0.5, 0.6) is 0 Å². The van der Waals surface area contributed by atoms with Gasteiger partial charge in [0.25, 0.3) is 0 Å². The largest absolute Gasteiger partial charge is 0.544 e. The first-order chi connectivity index (χ1) is 9.94.